The van der Waals surface area contributed by atoms with Crippen LogP contribution in [-0.2, 0) is 16.1 Å². The van der Waals surface area contributed by atoms with Crippen molar-refractivity contribution in [1.82, 2.24) is 15.1 Å². The fourth-order valence-electron chi connectivity index (χ4n) is 6.97. The lowest BCUT2D eigenvalue weighted by Crippen LogP contribution is -2.46. The number of hydrogen-bond acceptors (Lipinski definition) is 8. The van der Waals surface area contributed by atoms with Crippen molar-refractivity contribution in [2.45, 2.75) is 114 Å². The number of alkyl halides is 3. The molecule has 0 N–H and O–H groups in total. The Morgan fingerprint density at radius 2 is 1.82 bits per heavy atom. The van der Waals surface area contributed by atoms with Crippen molar-refractivity contribution in [3.63, 3.8) is 0 Å². The van der Waals surface area contributed by atoms with Gasteiger partial charge in [0, 0.05) is 35.7 Å². The van der Waals surface area contributed by atoms with Crippen molar-refractivity contribution in [2.75, 3.05) is 12.0 Å². The molecule has 5 atom stereocenters. The fourth-order valence-corrected chi connectivity index (χ4v) is 6.97. The Morgan fingerprint density at radius 3 is 2.46 bits per heavy atom. The first-order valence-electron chi connectivity index (χ1n) is 14.1. The van der Waals surface area contributed by atoms with Crippen LogP contribution in [0.15, 0.2) is 10.7 Å². The molecule has 2 saturated carbocycles. The number of rotatable bonds is 7. The van der Waals surface area contributed by atoms with E-state index in [4.69, 9.17) is 14.0 Å². The van der Waals surface area contributed by atoms with Crippen molar-refractivity contribution in [3.8, 4) is 0 Å². The molecule has 0 radical (unpaired) electrons. The van der Waals surface area contributed by atoms with E-state index in [-0.39, 0.29) is 37.1 Å². The number of aromatic nitrogens is 3. The van der Waals surface area contributed by atoms with Crippen LogP contribution < -0.4 is 4.90 Å². The van der Waals surface area contributed by atoms with Gasteiger partial charge in [0.1, 0.15) is 5.76 Å². The second-order valence-electron chi connectivity index (χ2n) is 11.6. The number of hydrogen-bond donors (Lipinski definition) is 0. The first-order valence-corrected chi connectivity index (χ1v) is 14.1. The molecule has 0 aromatic carbocycles. The summed E-state index contributed by atoms with van der Waals surface area (Å²) in [6.45, 7) is 2.01. The van der Waals surface area contributed by atoms with Gasteiger partial charge in [0.2, 0.25) is 5.95 Å². The average Bonchev–Trinajstić information content (AvgIpc) is 3.62. The molecular formula is C28H35F3N4O4. The number of fused-ring (bicyclic) bond motifs is 2. The topological polar surface area (TPSA) is 90.6 Å². The summed E-state index contributed by atoms with van der Waals surface area (Å²) in [5.41, 5.74) is 2.16. The van der Waals surface area contributed by atoms with E-state index in [1.807, 2.05) is 0 Å². The second-order valence-corrected chi connectivity index (χ2v) is 11.6. The standard InChI is InChI=1S/C28H35F3N4O4/c1-15-21(26(36)37-2)13-32-27(33-15)35-17-9-10-18(35)12-19(11-17)38-14-22-24(34-39-25(22)16-7-8-16)20-5-3-4-6-23(20)28(29,30)31/h13,16-20,23H,3-12,14H2,1-2H3/t17-,18+,19?,20-,23-/m0/s1. The highest BCUT2D eigenvalue weighted by Gasteiger charge is 2.49. The molecular weight excluding hydrogens is 513 g/mol. The molecule has 2 bridgehead atoms. The Hall–Kier alpha value is -2.69. The van der Waals surface area contributed by atoms with Crippen LogP contribution >= 0.6 is 0 Å². The number of nitrogens with zero attached hydrogens (tertiary/aromatic N) is 4. The van der Waals surface area contributed by atoms with Crippen LogP contribution in [0, 0.1) is 12.8 Å². The second kappa shape index (κ2) is 10.4. The summed E-state index contributed by atoms with van der Waals surface area (Å²) in [4.78, 5) is 23.3. The van der Waals surface area contributed by atoms with E-state index in [0.29, 0.717) is 35.7 Å². The highest BCUT2D eigenvalue weighted by Crippen LogP contribution is 2.50. The molecule has 0 spiro atoms. The first-order chi connectivity index (χ1) is 18.7. The predicted molar refractivity (Wildman–Crippen MR) is 134 cm³/mol. The molecule has 39 heavy (non-hydrogen) atoms. The first kappa shape index (κ1) is 26.5. The minimum atomic E-state index is -4.25. The quantitative estimate of drug-likeness (QED) is 0.390. The van der Waals surface area contributed by atoms with Gasteiger partial charge in [-0.25, -0.2) is 14.8 Å². The molecule has 0 amide bonds. The number of anilines is 1. The Balaban J connectivity index is 1.17. The number of aryl methyl sites for hydroxylation is 1. The highest BCUT2D eigenvalue weighted by atomic mass is 19.4. The van der Waals surface area contributed by atoms with Gasteiger partial charge in [-0.1, -0.05) is 18.0 Å². The Morgan fingerprint density at radius 1 is 1.10 bits per heavy atom. The molecule has 2 aliphatic carbocycles. The van der Waals surface area contributed by atoms with Crippen molar-refractivity contribution in [1.29, 1.82) is 0 Å². The van der Waals surface area contributed by atoms with Gasteiger partial charge in [0.05, 0.1) is 42.7 Å². The van der Waals surface area contributed by atoms with E-state index in [2.05, 4.69) is 20.0 Å². The summed E-state index contributed by atoms with van der Waals surface area (Å²) in [7, 11) is 1.33. The van der Waals surface area contributed by atoms with Crippen LogP contribution in [-0.4, -0.2) is 52.6 Å². The zero-order valence-electron chi connectivity index (χ0n) is 22.4. The van der Waals surface area contributed by atoms with Crippen molar-refractivity contribution >= 4 is 11.9 Å². The Labute approximate surface area is 225 Å². The zero-order valence-corrected chi connectivity index (χ0v) is 22.4. The van der Waals surface area contributed by atoms with Crippen LogP contribution in [0.5, 0.6) is 0 Å². The normalized spacial score (nSPS) is 29.1. The van der Waals surface area contributed by atoms with Crippen molar-refractivity contribution < 1.29 is 32.0 Å². The third-order valence-electron chi connectivity index (χ3n) is 9.09. The number of esters is 1. The maximum absolute atomic E-state index is 13.9. The van der Waals surface area contributed by atoms with E-state index in [9.17, 15) is 18.0 Å². The predicted octanol–water partition coefficient (Wildman–Crippen LogP) is 5.99. The fraction of sp³-hybridized carbons (Fsp3) is 0.714. The van der Waals surface area contributed by atoms with Gasteiger partial charge >= 0.3 is 12.1 Å². The molecule has 1 unspecified atom stereocenters. The Bertz CT molecular complexity index is 1200. The lowest BCUT2D eigenvalue weighted by molar-refractivity contribution is -0.187. The SMILES string of the molecule is COC(=O)c1cnc(N2[C@@H]3CC[C@H]2CC(OCc2c([C@H]4CCCC[C@@H]4C(F)(F)F)noc2C2CC2)C3)nc1C. The largest absolute Gasteiger partial charge is 0.465 e. The molecule has 4 heterocycles. The summed E-state index contributed by atoms with van der Waals surface area (Å²) in [6.07, 6.45) is 4.75. The molecule has 2 aromatic rings. The van der Waals surface area contributed by atoms with Gasteiger partial charge in [-0.3, -0.25) is 0 Å². The van der Waals surface area contributed by atoms with Crippen LogP contribution in [0.25, 0.3) is 0 Å². The maximum Gasteiger partial charge on any atom is 0.392 e. The third-order valence-corrected chi connectivity index (χ3v) is 9.09. The number of carbonyl (C=O) groups excluding carboxylic acids is 1. The monoisotopic (exact) mass is 548 g/mol. The maximum atomic E-state index is 13.9. The van der Waals surface area contributed by atoms with Gasteiger partial charge in [-0.05, 0) is 58.3 Å². The number of piperidine rings is 1. The summed E-state index contributed by atoms with van der Waals surface area (Å²) < 4.78 is 58.7. The van der Waals surface area contributed by atoms with Gasteiger partial charge < -0.3 is 18.9 Å². The van der Waals surface area contributed by atoms with E-state index in [1.165, 1.54) is 13.3 Å². The summed E-state index contributed by atoms with van der Waals surface area (Å²) in [5, 5.41) is 4.24. The number of ether oxygens (including phenoxy) is 2. The van der Waals surface area contributed by atoms with Crippen LogP contribution in [0.1, 0.15) is 109 Å². The van der Waals surface area contributed by atoms with Crippen molar-refractivity contribution in [2.24, 2.45) is 5.92 Å². The minimum absolute atomic E-state index is 0.0197. The van der Waals surface area contributed by atoms with Gasteiger partial charge in [0.15, 0.2) is 0 Å². The minimum Gasteiger partial charge on any atom is -0.465 e. The highest BCUT2D eigenvalue weighted by molar-refractivity contribution is 5.90. The van der Waals surface area contributed by atoms with Gasteiger partial charge in [-0.15, -0.1) is 0 Å². The van der Waals surface area contributed by atoms with Crippen LogP contribution in [0.3, 0.4) is 0 Å². The molecule has 6 rings (SSSR count). The average molecular weight is 549 g/mol. The molecule has 8 nitrogen and oxygen atoms in total. The molecule has 2 aromatic heterocycles. The van der Waals surface area contributed by atoms with Gasteiger partial charge in [0.25, 0.3) is 0 Å². The van der Waals surface area contributed by atoms with E-state index < -0.39 is 24.0 Å². The molecule has 4 aliphatic rings. The Kier molecular flexibility index (Phi) is 7.05. The van der Waals surface area contributed by atoms with E-state index >= 15 is 0 Å². The lowest BCUT2D eigenvalue weighted by atomic mass is 9.76. The third kappa shape index (κ3) is 5.14. The van der Waals surface area contributed by atoms with Crippen molar-refractivity contribution in [3.05, 3.63) is 34.5 Å². The van der Waals surface area contributed by atoms with Crippen LogP contribution in [0.4, 0.5) is 19.1 Å². The number of carbonyl (C=O) groups is 1. The molecule has 212 valence electrons. The zero-order chi connectivity index (χ0) is 27.3. The van der Waals surface area contributed by atoms with Crippen LogP contribution in [0.2, 0.25) is 0 Å². The van der Waals surface area contributed by atoms with E-state index in [0.717, 1.165) is 56.3 Å². The number of halogens is 3. The summed E-state index contributed by atoms with van der Waals surface area (Å²) in [5.74, 6) is -0.924. The lowest BCUT2D eigenvalue weighted by Gasteiger charge is -2.39. The molecule has 2 saturated heterocycles. The summed E-state index contributed by atoms with van der Waals surface area (Å²) >= 11 is 0. The van der Waals surface area contributed by atoms with E-state index in [1.54, 1.807) is 6.92 Å². The smallest absolute Gasteiger partial charge is 0.392 e. The summed E-state index contributed by atoms with van der Waals surface area (Å²) in [6, 6.07) is 0.407. The molecule has 4 fully saturated rings. The molecule has 2 aliphatic heterocycles. The van der Waals surface area contributed by atoms with Gasteiger partial charge in [-0.2, -0.15) is 13.2 Å². The molecule has 11 heteroatoms. The number of methoxy groups -OCH3 is 1.